The highest BCUT2D eigenvalue weighted by Gasteiger charge is 2.58. The molecule has 0 aromatic rings. The van der Waals surface area contributed by atoms with E-state index in [1.165, 1.54) is 0 Å². The van der Waals surface area contributed by atoms with Crippen LogP contribution in [-0.4, -0.2) is 44.3 Å². The highest BCUT2D eigenvalue weighted by molar-refractivity contribution is 6.27. The average Bonchev–Trinajstić information content (AvgIpc) is 2.52. The number of hydrogen-bond donors (Lipinski definition) is 4. The second-order valence-corrected chi connectivity index (χ2v) is 5.40. The first kappa shape index (κ1) is 17.9. The van der Waals surface area contributed by atoms with Crippen molar-refractivity contribution in [3.63, 3.8) is 0 Å². The molecule has 114 valence electrons. The topological polar surface area (TPSA) is 149 Å². The summed E-state index contributed by atoms with van der Waals surface area (Å²) in [6.07, 6.45) is 0.886. The van der Waals surface area contributed by atoms with E-state index in [4.69, 9.17) is 30.0 Å². The summed E-state index contributed by atoms with van der Waals surface area (Å²) < 4.78 is 0. The Balaban J connectivity index is 0.000000511. The molecule has 1 saturated carbocycles. The van der Waals surface area contributed by atoms with Crippen molar-refractivity contribution >= 4 is 23.9 Å². The number of rotatable bonds is 2. The summed E-state index contributed by atoms with van der Waals surface area (Å²) in [5.74, 6) is -5.99. The fraction of sp³-hybridized carbons (Fsp3) is 0.667. The van der Waals surface area contributed by atoms with Crippen molar-refractivity contribution in [3.05, 3.63) is 0 Å². The molecule has 8 nitrogen and oxygen atoms in total. The number of carboxylic acid groups (broad SMARTS) is 4. The highest BCUT2D eigenvalue weighted by Crippen LogP contribution is 2.56. The summed E-state index contributed by atoms with van der Waals surface area (Å²) in [6, 6.07) is 0. The predicted molar refractivity (Wildman–Crippen MR) is 65.2 cm³/mol. The van der Waals surface area contributed by atoms with Crippen molar-refractivity contribution in [2.75, 3.05) is 0 Å². The zero-order valence-corrected chi connectivity index (χ0v) is 11.4. The van der Waals surface area contributed by atoms with Gasteiger partial charge in [-0.25, -0.2) is 9.59 Å². The van der Waals surface area contributed by atoms with Crippen molar-refractivity contribution in [3.8, 4) is 0 Å². The summed E-state index contributed by atoms with van der Waals surface area (Å²) in [7, 11) is 0. The van der Waals surface area contributed by atoms with Gasteiger partial charge in [0.1, 0.15) is 0 Å². The van der Waals surface area contributed by atoms with E-state index in [-0.39, 0.29) is 0 Å². The van der Waals surface area contributed by atoms with Gasteiger partial charge in [0.15, 0.2) is 0 Å². The van der Waals surface area contributed by atoms with Gasteiger partial charge in [-0.05, 0) is 25.2 Å². The minimum Gasteiger partial charge on any atom is -0.481 e. The van der Waals surface area contributed by atoms with E-state index >= 15 is 0 Å². The summed E-state index contributed by atoms with van der Waals surface area (Å²) >= 11 is 0. The Labute approximate surface area is 115 Å². The van der Waals surface area contributed by atoms with Gasteiger partial charge >= 0.3 is 23.9 Å². The number of hydrogen-bond acceptors (Lipinski definition) is 4. The van der Waals surface area contributed by atoms with Crippen LogP contribution in [0, 0.1) is 16.7 Å². The van der Waals surface area contributed by atoms with E-state index < -0.39 is 40.6 Å². The third-order valence-corrected chi connectivity index (χ3v) is 4.18. The molecule has 0 saturated heterocycles. The first-order valence-corrected chi connectivity index (χ1v) is 5.80. The first-order chi connectivity index (χ1) is 8.87. The van der Waals surface area contributed by atoms with Gasteiger partial charge in [0.2, 0.25) is 0 Å². The second kappa shape index (κ2) is 5.89. The Kier molecular flexibility index (Phi) is 5.27. The van der Waals surface area contributed by atoms with Crippen LogP contribution in [0.3, 0.4) is 0 Å². The number of aliphatic carboxylic acids is 4. The Morgan fingerprint density at radius 1 is 0.900 bits per heavy atom. The minimum atomic E-state index is -1.82. The van der Waals surface area contributed by atoms with Gasteiger partial charge in [0.25, 0.3) is 0 Å². The molecular formula is C12H18O8. The van der Waals surface area contributed by atoms with Gasteiger partial charge in [-0.1, -0.05) is 13.8 Å². The van der Waals surface area contributed by atoms with E-state index in [0.717, 1.165) is 0 Å². The van der Waals surface area contributed by atoms with Crippen molar-refractivity contribution in [1.29, 1.82) is 0 Å². The quantitative estimate of drug-likeness (QED) is 0.544. The molecule has 0 aliphatic heterocycles. The molecular weight excluding hydrogens is 272 g/mol. The van der Waals surface area contributed by atoms with Gasteiger partial charge in [0, 0.05) is 0 Å². The lowest BCUT2D eigenvalue weighted by molar-refractivity contribution is -0.159. The minimum absolute atomic E-state index is 0.437. The second-order valence-electron chi connectivity index (χ2n) is 5.40. The number of carboxylic acids is 4. The fourth-order valence-corrected chi connectivity index (χ4v) is 2.32. The molecule has 2 atom stereocenters. The molecule has 0 aromatic carbocycles. The van der Waals surface area contributed by atoms with Crippen LogP contribution in [0.1, 0.15) is 33.6 Å². The van der Waals surface area contributed by atoms with E-state index in [1.807, 2.05) is 0 Å². The Morgan fingerprint density at radius 3 is 1.45 bits per heavy atom. The van der Waals surface area contributed by atoms with Crippen molar-refractivity contribution in [2.24, 2.45) is 16.7 Å². The van der Waals surface area contributed by atoms with Gasteiger partial charge in [-0.15, -0.1) is 0 Å². The smallest absolute Gasteiger partial charge is 0.414 e. The summed E-state index contributed by atoms with van der Waals surface area (Å²) in [6.45, 7) is 5.10. The zero-order valence-electron chi connectivity index (χ0n) is 11.4. The van der Waals surface area contributed by atoms with Crippen molar-refractivity contribution < 1.29 is 39.6 Å². The van der Waals surface area contributed by atoms with E-state index in [2.05, 4.69) is 0 Å². The van der Waals surface area contributed by atoms with Gasteiger partial charge in [-0.2, -0.15) is 0 Å². The van der Waals surface area contributed by atoms with Crippen LogP contribution < -0.4 is 0 Å². The van der Waals surface area contributed by atoms with Crippen molar-refractivity contribution in [1.82, 2.24) is 0 Å². The summed E-state index contributed by atoms with van der Waals surface area (Å²) in [4.78, 5) is 40.2. The highest BCUT2D eigenvalue weighted by atomic mass is 16.4. The monoisotopic (exact) mass is 290 g/mol. The lowest BCUT2D eigenvalue weighted by atomic mass is 9.66. The maximum absolute atomic E-state index is 11.1. The molecule has 1 fully saturated rings. The van der Waals surface area contributed by atoms with Crippen LogP contribution in [0.25, 0.3) is 0 Å². The fourth-order valence-electron chi connectivity index (χ4n) is 2.32. The van der Waals surface area contributed by atoms with Crippen LogP contribution in [-0.2, 0) is 19.2 Å². The molecule has 0 bridgehead atoms. The van der Waals surface area contributed by atoms with Crippen LogP contribution >= 0.6 is 0 Å². The van der Waals surface area contributed by atoms with Crippen LogP contribution in [0.4, 0.5) is 0 Å². The molecule has 0 radical (unpaired) electrons. The average molecular weight is 290 g/mol. The zero-order chi connectivity index (χ0) is 16.3. The molecule has 4 N–H and O–H groups in total. The van der Waals surface area contributed by atoms with Crippen LogP contribution in [0.15, 0.2) is 0 Å². The standard InChI is InChI=1S/C10H16O4.C2H2O4/c1-9(2)6(7(11)12)4-5-10(9,3)8(13)14;3-1(4)2(5)6/h6H,4-5H2,1-3H3,(H,11,12)(H,13,14);(H,3,4)(H,5,6). The molecule has 0 aromatic heterocycles. The molecule has 0 heterocycles. The van der Waals surface area contributed by atoms with Gasteiger partial charge < -0.3 is 20.4 Å². The summed E-state index contributed by atoms with van der Waals surface area (Å²) in [5.41, 5.74) is -1.61. The molecule has 1 aliphatic rings. The Morgan fingerprint density at radius 2 is 1.30 bits per heavy atom. The first-order valence-electron chi connectivity index (χ1n) is 5.80. The Bertz CT molecular complexity index is 427. The molecule has 0 amide bonds. The van der Waals surface area contributed by atoms with Gasteiger partial charge in [-0.3, -0.25) is 9.59 Å². The predicted octanol–water partition coefficient (Wildman–Crippen LogP) is 0.754. The van der Waals surface area contributed by atoms with Crippen molar-refractivity contribution in [2.45, 2.75) is 33.6 Å². The normalized spacial score (nSPS) is 27.1. The molecule has 1 aliphatic carbocycles. The molecule has 20 heavy (non-hydrogen) atoms. The largest absolute Gasteiger partial charge is 0.481 e. The van der Waals surface area contributed by atoms with E-state index in [0.29, 0.717) is 12.8 Å². The molecule has 8 heteroatoms. The third-order valence-electron chi connectivity index (χ3n) is 4.18. The number of carbonyl (C=O) groups is 4. The van der Waals surface area contributed by atoms with Crippen LogP contribution in [0.2, 0.25) is 0 Å². The lowest BCUT2D eigenvalue weighted by Crippen LogP contribution is -2.42. The van der Waals surface area contributed by atoms with Gasteiger partial charge in [0.05, 0.1) is 11.3 Å². The summed E-state index contributed by atoms with van der Waals surface area (Å²) in [5, 5.41) is 32.9. The maximum atomic E-state index is 11.1. The maximum Gasteiger partial charge on any atom is 0.414 e. The Hall–Kier alpha value is -2.12. The third kappa shape index (κ3) is 3.25. The SMILES string of the molecule is CC1(C(=O)O)CCC(C(=O)O)C1(C)C.O=C(O)C(=O)O. The molecule has 2 unspecified atom stereocenters. The van der Waals surface area contributed by atoms with E-state index in [9.17, 15) is 9.59 Å². The molecule has 0 spiro atoms. The lowest BCUT2D eigenvalue weighted by Gasteiger charge is -2.36. The van der Waals surface area contributed by atoms with E-state index in [1.54, 1.807) is 20.8 Å². The van der Waals surface area contributed by atoms with Crippen LogP contribution in [0.5, 0.6) is 0 Å². The molecule has 1 rings (SSSR count).